The molecular weight excluding hydrogens is 396 g/mol. The molecule has 7 heteroatoms. The smallest absolute Gasteiger partial charge is 0.410 e. The standard InChI is InChI=1S/C24H30N2O5/c1-4-29-20-13-12-19(16-21(20)30-5-2)25-22(27)24(3)14-9-15-26(24)23(28)31-17-18-10-7-6-8-11-18/h6-8,10-13,16H,4-5,9,14-15,17H2,1-3H3,(H,25,27). The third-order valence-electron chi connectivity index (χ3n) is 5.36. The Morgan fingerprint density at radius 1 is 1.03 bits per heavy atom. The Morgan fingerprint density at radius 3 is 2.45 bits per heavy atom. The first kappa shape index (κ1) is 22.5. The van der Waals surface area contributed by atoms with Crippen LogP contribution in [-0.2, 0) is 16.1 Å². The van der Waals surface area contributed by atoms with E-state index in [-0.39, 0.29) is 12.5 Å². The van der Waals surface area contributed by atoms with Gasteiger partial charge < -0.3 is 19.5 Å². The van der Waals surface area contributed by atoms with Crippen molar-refractivity contribution in [2.45, 2.75) is 45.8 Å². The van der Waals surface area contributed by atoms with E-state index in [2.05, 4.69) is 5.32 Å². The van der Waals surface area contributed by atoms with Crippen molar-refractivity contribution in [3.8, 4) is 11.5 Å². The number of likely N-dealkylation sites (tertiary alicyclic amines) is 1. The van der Waals surface area contributed by atoms with Crippen molar-refractivity contribution in [3.05, 3.63) is 54.1 Å². The van der Waals surface area contributed by atoms with Gasteiger partial charge in [0.1, 0.15) is 12.1 Å². The summed E-state index contributed by atoms with van der Waals surface area (Å²) in [7, 11) is 0. The van der Waals surface area contributed by atoms with Gasteiger partial charge in [-0.25, -0.2) is 4.79 Å². The van der Waals surface area contributed by atoms with Gasteiger partial charge in [-0.05, 0) is 51.3 Å². The first-order valence-corrected chi connectivity index (χ1v) is 10.7. The molecule has 166 valence electrons. The minimum Gasteiger partial charge on any atom is -0.490 e. The second-order valence-electron chi connectivity index (χ2n) is 7.55. The molecule has 0 saturated carbocycles. The Morgan fingerprint density at radius 2 is 1.74 bits per heavy atom. The summed E-state index contributed by atoms with van der Waals surface area (Å²) in [5.41, 5.74) is 0.500. The normalized spacial score (nSPS) is 17.8. The number of anilines is 1. The quantitative estimate of drug-likeness (QED) is 0.667. The van der Waals surface area contributed by atoms with Gasteiger partial charge in [0.15, 0.2) is 11.5 Å². The number of nitrogens with zero attached hydrogens (tertiary/aromatic N) is 1. The van der Waals surface area contributed by atoms with Gasteiger partial charge in [-0.1, -0.05) is 30.3 Å². The van der Waals surface area contributed by atoms with Crippen molar-refractivity contribution in [2.75, 3.05) is 25.1 Å². The van der Waals surface area contributed by atoms with Gasteiger partial charge in [-0.2, -0.15) is 0 Å². The molecule has 1 aliphatic heterocycles. The summed E-state index contributed by atoms with van der Waals surface area (Å²) in [4.78, 5) is 27.4. The number of hydrogen-bond donors (Lipinski definition) is 1. The van der Waals surface area contributed by atoms with E-state index in [1.165, 1.54) is 4.90 Å². The molecule has 1 saturated heterocycles. The molecule has 1 atom stereocenters. The number of carbonyl (C=O) groups is 2. The predicted molar refractivity (Wildman–Crippen MR) is 118 cm³/mol. The molecule has 7 nitrogen and oxygen atoms in total. The zero-order valence-electron chi connectivity index (χ0n) is 18.3. The lowest BCUT2D eigenvalue weighted by atomic mass is 9.97. The van der Waals surface area contributed by atoms with Crippen molar-refractivity contribution < 1.29 is 23.8 Å². The van der Waals surface area contributed by atoms with E-state index in [9.17, 15) is 9.59 Å². The summed E-state index contributed by atoms with van der Waals surface area (Å²) in [6.45, 7) is 7.21. The van der Waals surface area contributed by atoms with Crippen LogP contribution in [0, 0.1) is 0 Å². The second-order valence-corrected chi connectivity index (χ2v) is 7.55. The number of nitrogens with one attached hydrogen (secondary N) is 1. The lowest BCUT2D eigenvalue weighted by molar-refractivity contribution is -0.125. The molecule has 0 aromatic heterocycles. The van der Waals surface area contributed by atoms with Crippen LogP contribution in [0.3, 0.4) is 0 Å². The third kappa shape index (κ3) is 5.29. The maximum atomic E-state index is 13.2. The molecule has 0 spiro atoms. The van der Waals surface area contributed by atoms with Crippen LogP contribution in [0.5, 0.6) is 11.5 Å². The van der Waals surface area contributed by atoms with Crippen molar-refractivity contribution in [1.82, 2.24) is 4.90 Å². The zero-order valence-corrected chi connectivity index (χ0v) is 18.3. The molecule has 0 radical (unpaired) electrons. The van der Waals surface area contributed by atoms with Crippen LogP contribution in [0.2, 0.25) is 0 Å². The van der Waals surface area contributed by atoms with E-state index in [4.69, 9.17) is 14.2 Å². The highest BCUT2D eigenvalue weighted by Gasteiger charge is 2.46. The highest BCUT2D eigenvalue weighted by molar-refractivity contribution is 6.00. The van der Waals surface area contributed by atoms with Crippen molar-refractivity contribution in [1.29, 1.82) is 0 Å². The molecule has 2 aromatic rings. The predicted octanol–water partition coefficient (Wildman–Crippen LogP) is 4.61. The summed E-state index contributed by atoms with van der Waals surface area (Å²) in [6.07, 6.45) is 0.813. The van der Waals surface area contributed by atoms with Crippen molar-refractivity contribution >= 4 is 17.7 Å². The van der Waals surface area contributed by atoms with E-state index in [1.807, 2.05) is 44.2 Å². The molecule has 3 rings (SSSR count). The molecule has 1 aliphatic rings. The Kier molecular flexibility index (Phi) is 7.39. The zero-order chi connectivity index (χ0) is 22.3. The SMILES string of the molecule is CCOc1ccc(NC(=O)C2(C)CCCN2C(=O)OCc2ccccc2)cc1OCC. The van der Waals surface area contributed by atoms with Crippen LogP contribution in [0.1, 0.15) is 39.2 Å². The minimum atomic E-state index is -0.988. The Hall–Kier alpha value is -3.22. The first-order valence-electron chi connectivity index (χ1n) is 10.7. The van der Waals surface area contributed by atoms with E-state index >= 15 is 0 Å². The molecule has 2 amide bonds. The largest absolute Gasteiger partial charge is 0.490 e. The van der Waals surface area contributed by atoms with Gasteiger partial charge in [0, 0.05) is 18.3 Å². The molecule has 1 N–H and O–H groups in total. The topological polar surface area (TPSA) is 77.1 Å². The Labute approximate surface area is 183 Å². The second kappa shape index (κ2) is 10.2. The van der Waals surface area contributed by atoms with Gasteiger partial charge in [0.25, 0.3) is 0 Å². The molecule has 1 unspecified atom stereocenters. The van der Waals surface area contributed by atoms with Crippen LogP contribution in [0.4, 0.5) is 10.5 Å². The van der Waals surface area contributed by atoms with Crippen LogP contribution in [0.15, 0.2) is 48.5 Å². The lowest BCUT2D eigenvalue weighted by Gasteiger charge is -2.33. The van der Waals surface area contributed by atoms with Crippen molar-refractivity contribution in [3.63, 3.8) is 0 Å². The molecule has 0 aliphatic carbocycles. The Bertz CT molecular complexity index is 902. The Balaban J connectivity index is 1.69. The molecule has 31 heavy (non-hydrogen) atoms. The third-order valence-corrected chi connectivity index (χ3v) is 5.36. The van der Waals surface area contributed by atoms with Gasteiger partial charge >= 0.3 is 6.09 Å². The molecule has 2 aromatic carbocycles. The monoisotopic (exact) mass is 426 g/mol. The van der Waals surface area contributed by atoms with Crippen LogP contribution in [0.25, 0.3) is 0 Å². The van der Waals surface area contributed by atoms with Crippen LogP contribution < -0.4 is 14.8 Å². The average Bonchev–Trinajstić information content (AvgIpc) is 3.18. The molecule has 1 heterocycles. The average molecular weight is 427 g/mol. The fraction of sp³-hybridized carbons (Fsp3) is 0.417. The van der Waals surface area contributed by atoms with Crippen molar-refractivity contribution in [2.24, 2.45) is 0 Å². The minimum absolute atomic E-state index is 0.171. The summed E-state index contributed by atoms with van der Waals surface area (Å²) in [5.74, 6) is 0.937. The first-order chi connectivity index (χ1) is 15.0. The maximum absolute atomic E-state index is 13.2. The van der Waals surface area contributed by atoms with E-state index in [1.54, 1.807) is 25.1 Å². The number of carbonyl (C=O) groups excluding carboxylic acids is 2. The maximum Gasteiger partial charge on any atom is 0.410 e. The van der Waals surface area contributed by atoms with E-state index in [0.29, 0.717) is 43.4 Å². The molecule has 1 fully saturated rings. The number of rotatable bonds is 8. The van der Waals surface area contributed by atoms with E-state index < -0.39 is 11.6 Å². The fourth-order valence-electron chi connectivity index (χ4n) is 3.68. The number of amides is 2. The molecule has 0 bridgehead atoms. The summed E-state index contributed by atoms with van der Waals surface area (Å²) in [6, 6.07) is 14.8. The highest BCUT2D eigenvalue weighted by Crippen LogP contribution is 2.34. The van der Waals surface area contributed by atoms with Gasteiger partial charge in [0.05, 0.1) is 13.2 Å². The number of ether oxygens (including phenoxy) is 3. The van der Waals surface area contributed by atoms with Crippen LogP contribution in [-0.4, -0.2) is 42.2 Å². The number of benzene rings is 2. The van der Waals surface area contributed by atoms with Crippen LogP contribution >= 0.6 is 0 Å². The van der Waals surface area contributed by atoms with Gasteiger partial charge in [0.2, 0.25) is 5.91 Å². The molecular formula is C24H30N2O5. The summed E-state index contributed by atoms with van der Waals surface area (Å²) >= 11 is 0. The van der Waals surface area contributed by atoms with Gasteiger partial charge in [-0.15, -0.1) is 0 Å². The number of hydrogen-bond acceptors (Lipinski definition) is 5. The summed E-state index contributed by atoms with van der Waals surface area (Å²) < 4.78 is 16.7. The lowest BCUT2D eigenvalue weighted by Crippen LogP contribution is -2.53. The van der Waals surface area contributed by atoms with E-state index in [0.717, 1.165) is 12.0 Å². The highest BCUT2D eigenvalue weighted by atomic mass is 16.6. The van der Waals surface area contributed by atoms with Gasteiger partial charge in [-0.3, -0.25) is 9.69 Å². The fourth-order valence-corrected chi connectivity index (χ4v) is 3.68. The summed E-state index contributed by atoms with van der Waals surface area (Å²) in [5, 5.41) is 2.93.